The Balaban J connectivity index is 1.70. The summed E-state index contributed by atoms with van der Waals surface area (Å²) in [7, 11) is 0. The molecule has 2 saturated heterocycles. The maximum Gasteiger partial charge on any atom is 0.245 e. The lowest BCUT2D eigenvalue weighted by Gasteiger charge is -2.28. The molecule has 2 aliphatic rings. The maximum absolute atomic E-state index is 13.3. The minimum Gasteiger partial charge on any atom is -0.373 e. The third-order valence-corrected chi connectivity index (χ3v) is 5.00. The van der Waals surface area contributed by atoms with Crippen LogP contribution in [0.1, 0.15) is 44.6 Å². The van der Waals surface area contributed by atoms with Gasteiger partial charge in [-0.05, 0) is 33.1 Å². The summed E-state index contributed by atoms with van der Waals surface area (Å²) in [5.74, 6) is -2.16. The molecular weight excluding hydrogens is 347 g/mol. The molecule has 2 aromatic rings. The molecule has 4 rings (SSSR count). The van der Waals surface area contributed by atoms with Crippen LogP contribution < -0.4 is 4.90 Å². The largest absolute Gasteiger partial charge is 0.373 e. The van der Waals surface area contributed by atoms with E-state index in [-0.39, 0.29) is 36.9 Å². The summed E-state index contributed by atoms with van der Waals surface area (Å²) in [5, 5.41) is 4.42. The molecule has 2 aromatic heterocycles. The van der Waals surface area contributed by atoms with Gasteiger partial charge in [0.1, 0.15) is 6.67 Å². The first-order valence-electron chi connectivity index (χ1n) is 8.94. The zero-order chi connectivity index (χ0) is 18.5. The van der Waals surface area contributed by atoms with Crippen molar-refractivity contribution in [2.45, 2.75) is 70.4 Å². The number of anilines is 1. The summed E-state index contributed by atoms with van der Waals surface area (Å²) < 4.78 is 47.0. The minimum atomic E-state index is -2.76. The minimum absolute atomic E-state index is 0.0789. The molecule has 2 bridgehead atoms. The van der Waals surface area contributed by atoms with Gasteiger partial charge in [0.15, 0.2) is 11.5 Å². The standard InChI is InChI=1S/C17H22F3N5O/c1-10-5-12-7-13(26-10)9-24(12)16-22-14(8-18)21-15-6-11(23-25(15)16)3-4-17(2,19)20/h6,10,12-13H,3-5,7-9H2,1-2H3. The van der Waals surface area contributed by atoms with Gasteiger partial charge in [-0.1, -0.05) is 0 Å². The maximum atomic E-state index is 13.3. The van der Waals surface area contributed by atoms with Gasteiger partial charge in [-0.15, -0.1) is 0 Å². The van der Waals surface area contributed by atoms with E-state index in [0.717, 1.165) is 19.8 Å². The molecule has 9 heteroatoms. The highest BCUT2D eigenvalue weighted by Gasteiger charge is 2.40. The van der Waals surface area contributed by atoms with E-state index in [0.29, 0.717) is 23.8 Å². The smallest absolute Gasteiger partial charge is 0.245 e. The molecule has 0 aliphatic carbocycles. The first-order chi connectivity index (χ1) is 12.3. The van der Waals surface area contributed by atoms with E-state index in [1.54, 1.807) is 10.6 Å². The Bertz CT molecular complexity index is 806. The molecule has 4 heterocycles. The molecule has 26 heavy (non-hydrogen) atoms. The van der Waals surface area contributed by atoms with Crippen LogP contribution in [0.5, 0.6) is 0 Å². The van der Waals surface area contributed by atoms with Gasteiger partial charge < -0.3 is 9.64 Å². The number of hydrogen-bond acceptors (Lipinski definition) is 5. The van der Waals surface area contributed by atoms with Crippen LogP contribution in [0.25, 0.3) is 5.65 Å². The van der Waals surface area contributed by atoms with Crippen molar-refractivity contribution >= 4 is 11.6 Å². The second-order valence-electron chi connectivity index (χ2n) is 7.40. The molecular formula is C17H22F3N5O. The highest BCUT2D eigenvalue weighted by molar-refractivity contribution is 5.48. The lowest BCUT2D eigenvalue weighted by atomic mass is 10.0. The van der Waals surface area contributed by atoms with E-state index in [1.165, 1.54) is 0 Å². The molecule has 2 aliphatic heterocycles. The highest BCUT2D eigenvalue weighted by Crippen LogP contribution is 2.34. The van der Waals surface area contributed by atoms with Gasteiger partial charge in [-0.3, -0.25) is 0 Å². The van der Waals surface area contributed by atoms with E-state index in [2.05, 4.69) is 20.0 Å². The zero-order valence-corrected chi connectivity index (χ0v) is 14.8. The van der Waals surface area contributed by atoms with Crippen molar-refractivity contribution in [3.8, 4) is 0 Å². The normalized spacial score (nSPS) is 26.0. The van der Waals surface area contributed by atoms with Gasteiger partial charge in [0, 0.05) is 25.1 Å². The second-order valence-corrected chi connectivity index (χ2v) is 7.40. The van der Waals surface area contributed by atoms with Crippen LogP contribution in [0.15, 0.2) is 6.07 Å². The van der Waals surface area contributed by atoms with Crippen LogP contribution in [-0.2, 0) is 17.8 Å². The Labute approximate surface area is 149 Å². The van der Waals surface area contributed by atoms with Gasteiger partial charge in [0.2, 0.25) is 11.9 Å². The van der Waals surface area contributed by atoms with Crippen molar-refractivity contribution in [2.75, 3.05) is 11.4 Å². The summed E-state index contributed by atoms with van der Waals surface area (Å²) in [6, 6.07) is 1.89. The van der Waals surface area contributed by atoms with Crippen molar-refractivity contribution in [2.24, 2.45) is 0 Å². The van der Waals surface area contributed by atoms with Gasteiger partial charge in [-0.2, -0.15) is 14.6 Å². The number of hydrogen-bond donors (Lipinski definition) is 0. The summed E-state index contributed by atoms with van der Waals surface area (Å²) in [5.41, 5.74) is 0.942. The Morgan fingerprint density at radius 1 is 1.31 bits per heavy atom. The van der Waals surface area contributed by atoms with Crippen LogP contribution in [0, 0.1) is 0 Å². The zero-order valence-electron chi connectivity index (χ0n) is 14.8. The van der Waals surface area contributed by atoms with E-state index in [1.807, 2.05) is 6.92 Å². The third kappa shape index (κ3) is 3.36. The van der Waals surface area contributed by atoms with E-state index < -0.39 is 12.6 Å². The molecule has 3 unspecified atom stereocenters. The van der Waals surface area contributed by atoms with Crippen molar-refractivity contribution in [3.05, 3.63) is 17.6 Å². The lowest BCUT2D eigenvalue weighted by Crippen LogP contribution is -2.34. The molecule has 2 fully saturated rings. The Morgan fingerprint density at radius 3 is 2.85 bits per heavy atom. The van der Waals surface area contributed by atoms with Crippen LogP contribution in [0.4, 0.5) is 19.1 Å². The first kappa shape index (κ1) is 17.5. The Kier molecular flexibility index (Phi) is 4.29. The summed E-state index contributed by atoms with van der Waals surface area (Å²) in [6.07, 6.45) is 1.89. The first-order valence-corrected chi connectivity index (χ1v) is 8.94. The van der Waals surface area contributed by atoms with Crippen molar-refractivity contribution in [3.63, 3.8) is 0 Å². The van der Waals surface area contributed by atoms with Crippen LogP contribution in [-0.4, -0.2) is 50.3 Å². The van der Waals surface area contributed by atoms with Crippen LogP contribution in [0.2, 0.25) is 0 Å². The third-order valence-electron chi connectivity index (χ3n) is 5.00. The summed E-state index contributed by atoms with van der Waals surface area (Å²) in [4.78, 5) is 10.6. The molecule has 0 saturated carbocycles. The lowest BCUT2D eigenvalue weighted by molar-refractivity contribution is -0.0173. The molecule has 0 spiro atoms. The fraction of sp³-hybridized carbons (Fsp3) is 0.706. The van der Waals surface area contributed by atoms with Crippen LogP contribution >= 0.6 is 0 Å². The molecule has 6 nitrogen and oxygen atoms in total. The van der Waals surface area contributed by atoms with Crippen molar-refractivity contribution in [1.82, 2.24) is 19.6 Å². The highest BCUT2D eigenvalue weighted by atomic mass is 19.3. The summed E-state index contributed by atoms with van der Waals surface area (Å²) >= 11 is 0. The number of rotatable bonds is 5. The van der Waals surface area contributed by atoms with Gasteiger partial charge in [0.25, 0.3) is 0 Å². The molecule has 3 atom stereocenters. The fourth-order valence-electron chi connectivity index (χ4n) is 3.89. The average molecular weight is 369 g/mol. The predicted octanol–water partition coefficient (Wildman–Crippen LogP) is 2.94. The van der Waals surface area contributed by atoms with Crippen LogP contribution in [0.3, 0.4) is 0 Å². The fourth-order valence-corrected chi connectivity index (χ4v) is 3.89. The average Bonchev–Trinajstić information content (AvgIpc) is 3.11. The quantitative estimate of drug-likeness (QED) is 0.811. The van der Waals surface area contributed by atoms with E-state index in [4.69, 9.17) is 4.74 Å². The molecule has 142 valence electrons. The van der Waals surface area contributed by atoms with E-state index in [9.17, 15) is 13.2 Å². The SMILES string of the molecule is CC1CC2CC(CN2c2nc(CF)nc3cc(CCC(C)(F)F)nn23)O1. The number of ether oxygens (including phenoxy) is 1. The molecule has 0 aromatic carbocycles. The number of aromatic nitrogens is 4. The molecule has 0 radical (unpaired) electrons. The van der Waals surface area contributed by atoms with Gasteiger partial charge in [0.05, 0.1) is 17.9 Å². The summed E-state index contributed by atoms with van der Waals surface area (Å²) in [6.45, 7) is 2.81. The monoisotopic (exact) mass is 369 g/mol. The Morgan fingerprint density at radius 2 is 2.12 bits per heavy atom. The van der Waals surface area contributed by atoms with E-state index >= 15 is 0 Å². The molecule has 0 amide bonds. The number of halogens is 3. The molecule has 0 N–H and O–H groups in total. The number of alkyl halides is 3. The number of aryl methyl sites for hydroxylation is 1. The van der Waals surface area contributed by atoms with Gasteiger partial charge >= 0.3 is 0 Å². The van der Waals surface area contributed by atoms with Gasteiger partial charge in [-0.25, -0.2) is 18.2 Å². The Hall–Kier alpha value is -1.90. The van der Waals surface area contributed by atoms with Crippen molar-refractivity contribution < 1.29 is 17.9 Å². The number of fused-ring (bicyclic) bond motifs is 3. The number of nitrogens with zero attached hydrogens (tertiary/aromatic N) is 5. The van der Waals surface area contributed by atoms with Crippen molar-refractivity contribution in [1.29, 1.82) is 0 Å². The second kappa shape index (κ2) is 6.37. The topological polar surface area (TPSA) is 55.6 Å². The predicted molar refractivity (Wildman–Crippen MR) is 89.2 cm³/mol.